The second kappa shape index (κ2) is 5.75. The Morgan fingerprint density at radius 3 is 2.39 bits per heavy atom. The fourth-order valence-electron chi connectivity index (χ4n) is 1.84. The van der Waals surface area contributed by atoms with Gasteiger partial charge in [-0.05, 0) is 24.3 Å². The molecule has 0 aliphatic rings. The van der Waals surface area contributed by atoms with E-state index in [0.717, 1.165) is 5.39 Å². The second-order valence-electron chi connectivity index (χ2n) is 3.94. The van der Waals surface area contributed by atoms with Crippen molar-refractivity contribution in [2.45, 2.75) is 0 Å². The van der Waals surface area contributed by atoms with Gasteiger partial charge in [0.15, 0.2) is 0 Å². The highest BCUT2D eigenvalue weighted by atomic mass is 19.1. The molecule has 0 atom stereocenters. The fourth-order valence-corrected chi connectivity index (χ4v) is 1.84. The Hall–Kier alpha value is -1.72. The summed E-state index contributed by atoms with van der Waals surface area (Å²) in [4.78, 5) is 6.09. The highest BCUT2D eigenvalue weighted by Crippen LogP contribution is 2.18. The number of aromatic nitrogens is 1. The van der Waals surface area contributed by atoms with Gasteiger partial charge in [0.25, 0.3) is 0 Å². The van der Waals surface area contributed by atoms with Crippen molar-refractivity contribution >= 4 is 16.7 Å². The molecule has 0 amide bonds. The van der Waals surface area contributed by atoms with Crippen LogP contribution < -0.4 is 4.90 Å². The molecule has 0 unspecified atom stereocenters. The molecule has 1 aromatic carbocycles. The lowest BCUT2D eigenvalue weighted by Gasteiger charge is -2.21. The number of rotatable bonds is 5. The van der Waals surface area contributed by atoms with Gasteiger partial charge in [-0.2, -0.15) is 0 Å². The zero-order chi connectivity index (χ0) is 13.0. The number of fused-ring (bicyclic) bond motifs is 1. The SMILES string of the molecule is OCCN(CCO)c1ccc2ccc(F)cc2n1. The molecule has 96 valence electrons. The number of anilines is 1. The summed E-state index contributed by atoms with van der Waals surface area (Å²) < 4.78 is 13.1. The Morgan fingerprint density at radius 1 is 1.06 bits per heavy atom. The van der Waals surface area contributed by atoms with Crippen LogP contribution in [-0.4, -0.2) is 41.5 Å². The predicted octanol–water partition coefficient (Wildman–Crippen LogP) is 1.16. The normalized spacial score (nSPS) is 10.8. The van der Waals surface area contributed by atoms with Gasteiger partial charge in [0.05, 0.1) is 18.7 Å². The van der Waals surface area contributed by atoms with Crippen LogP contribution in [-0.2, 0) is 0 Å². The van der Waals surface area contributed by atoms with E-state index >= 15 is 0 Å². The van der Waals surface area contributed by atoms with Crippen molar-refractivity contribution in [1.29, 1.82) is 0 Å². The molecule has 5 heteroatoms. The van der Waals surface area contributed by atoms with Crippen molar-refractivity contribution in [3.8, 4) is 0 Å². The third-order valence-corrected chi connectivity index (χ3v) is 2.70. The number of halogens is 1. The topological polar surface area (TPSA) is 56.6 Å². The summed E-state index contributed by atoms with van der Waals surface area (Å²) in [6.07, 6.45) is 0. The van der Waals surface area contributed by atoms with Gasteiger partial charge in [-0.3, -0.25) is 0 Å². The molecule has 0 fully saturated rings. The van der Waals surface area contributed by atoms with Crippen LogP contribution >= 0.6 is 0 Å². The van der Waals surface area contributed by atoms with E-state index in [1.165, 1.54) is 12.1 Å². The first-order valence-electron chi connectivity index (χ1n) is 5.77. The molecule has 0 saturated heterocycles. The summed E-state index contributed by atoms with van der Waals surface area (Å²) in [5, 5.41) is 18.8. The Labute approximate surface area is 104 Å². The summed E-state index contributed by atoms with van der Waals surface area (Å²) in [5.74, 6) is 0.291. The number of hydrogen-bond acceptors (Lipinski definition) is 4. The van der Waals surface area contributed by atoms with Gasteiger partial charge in [-0.25, -0.2) is 9.37 Å². The summed E-state index contributed by atoms with van der Waals surface area (Å²) in [5.41, 5.74) is 0.563. The van der Waals surface area contributed by atoms with Crippen LogP contribution in [0.5, 0.6) is 0 Å². The molecule has 0 bridgehead atoms. The molecule has 0 aliphatic heterocycles. The monoisotopic (exact) mass is 250 g/mol. The maximum absolute atomic E-state index is 13.1. The Bertz CT molecular complexity index is 527. The molecule has 0 aliphatic carbocycles. The van der Waals surface area contributed by atoms with Crippen molar-refractivity contribution in [3.05, 3.63) is 36.1 Å². The molecular formula is C13H15FN2O2. The van der Waals surface area contributed by atoms with Gasteiger partial charge in [0, 0.05) is 24.5 Å². The zero-order valence-corrected chi connectivity index (χ0v) is 9.88. The van der Waals surface area contributed by atoms with Gasteiger partial charge in [0.1, 0.15) is 11.6 Å². The van der Waals surface area contributed by atoms with E-state index in [2.05, 4.69) is 4.98 Å². The highest BCUT2D eigenvalue weighted by molar-refractivity contribution is 5.80. The maximum Gasteiger partial charge on any atom is 0.129 e. The van der Waals surface area contributed by atoms with Crippen LogP contribution in [0.15, 0.2) is 30.3 Å². The van der Waals surface area contributed by atoms with Crippen molar-refractivity contribution in [2.24, 2.45) is 0 Å². The van der Waals surface area contributed by atoms with Gasteiger partial charge < -0.3 is 15.1 Å². The molecule has 1 heterocycles. The third-order valence-electron chi connectivity index (χ3n) is 2.70. The first kappa shape index (κ1) is 12.7. The van der Waals surface area contributed by atoms with Gasteiger partial charge >= 0.3 is 0 Å². The van der Waals surface area contributed by atoms with Gasteiger partial charge in [-0.1, -0.05) is 0 Å². The fraction of sp³-hybridized carbons (Fsp3) is 0.308. The minimum absolute atomic E-state index is 0.0249. The molecule has 1 aromatic heterocycles. The van der Waals surface area contributed by atoms with Crippen molar-refractivity contribution in [2.75, 3.05) is 31.2 Å². The Kier molecular flexibility index (Phi) is 4.07. The number of aliphatic hydroxyl groups excluding tert-OH is 2. The van der Waals surface area contributed by atoms with Crippen molar-refractivity contribution in [3.63, 3.8) is 0 Å². The largest absolute Gasteiger partial charge is 0.395 e. The lowest BCUT2D eigenvalue weighted by Crippen LogP contribution is -2.30. The minimum atomic E-state index is -0.331. The molecule has 0 spiro atoms. The van der Waals surface area contributed by atoms with E-state index in [-0.39, 0.29) is 19.0 Å². The van der Waals surface area contributed by atoms with Crippen molar-refractivity contribution < 1.29 is 14.6 Å². The number of hydrogen-bond donors (Lipinski definition) is 2. The predicted molar refractivity (Wildman–Crippen MR) is 68.1 cm³/mol. The van der Waals surface area contributed by atoms with Crippen molar-refractivity contribution in [1.82, 2.24) is 4.98 Å². The van der Waals surface area contributed by atoms with E-state index in [1.54, 1.807) is 17.0 Å². The smallest absolute Gasteiger partial charge is 0.129 e. The summed E-state index contributed by atoms with van der Waals surface area (Å²) in [6.45, 7) is 0.717. The molecule has 2 rings (SSSR count). The van der Waals surface area contributed by atoms with E-state index in [4.69, 9.17) is 10.2 Å². The van der Waals surface area contributed by atoms with Crippen LogP contribution in [0.25, 0.3) is 10.9 Å². The van der Waals surface area contributed by atoms with E-state index in [1.807, 2.05) is 6.07 Å². The van der Waals surface area contributed by atoms with Crippen LogP contribution in [0.3, 0.4) is 0 Å². The lowest BCUT2D eigenvalue weighted by atomic mass is 10.2. The minimum Gasteiger partial charge on any atom is -0.395 e. The van der Waals surface area contributed by atoms with Crippen LogP contribution in [0, 0.1) is 5.82 Å². The standard InChI is InChI=1S/C13H15FN2O2/c14-11-3-1-10-2-4-13(15-12(10)9-11)16(5-7-17)6-8-18/h1-4,9,17-18H,5-8H2. The quantitative estimate of drug-likeness (QED) is 0.836. The Balaban J connectivity index is 2.37. The average Bonchev–Trinajstić information content (AvgIpc) is 2.37. The summed E-state index contributed by atoms with van der Waals surface area (Å²) in [7, 11) is 0. The average molecular weight is 250 g/mol. The third kappa shape index (κ3) is 2.75. The molecule has 0 saturated carbocycles. The molecule has 2 aromatic rings. The molecule has 0 radical (unpaired) electrons. The number of pyridine rings is 1. The number of nitrogens with zero attached hydrogens (tertiary/aromatic N) is 2. The zero-order valence-electron chi connectivity index (χ0n) is 9.88. The first-order chi connectivity index (χ1) is 8.74. The second-order valence-corrected chi connectivity index (χ2v) is 3.94. The van der Waals surface area contributed by atoms with Crippen LogP contribution in [0.4, 0.5) is 10.2 Å². The number of benzene rings is 1. The lowest BCUT2D eigenvalue weighted by molar-refractivity contribution is 0.280. The molecule has 2 N–H and O–H groups in total. The molecular weight excluding hydrogens is 235 g/mol. The van der Waals surface area contributed by atoms with E-state index < -0.39 is 0 Å². The number of aliphatic hydroxyl groups is 2. The first-order valence-corrected chi connectivity index (χ1v) is 5.77. The highest BCUT2D eigenvalue weighted by Gasteiger charge is 2.07. The maximum atomic E-state index is 13.1. The summed E-state index contributed by atoms with van der Waals surface area (Å²) in [6, 6.07) is 8.08. The van der Waals surface area contributed by atoms with Crippen LogP contribution in [0.1, 0.15) is 0 Å². The van der Waals surface area contributed by atoms with Crippen LogP contribution in [0.2, 0.25) is 0 Å². The summed E-state index contributed by atoms with van der Waals surface area (Å²) >= 11 is 0. The molecule has 18 heavy (non-hydrogen) atoms. The Morgan fingerprint density at radius 2 is 1.72 bits per heavy atom. The van der Waals surface area contributed by atoms with Gasteiger partial charge in [-0.15, -0.1) is 0 Å². The van der Waals surface area contributed by atoms with Gasteiger partial charge in [0.2, 0.25) is 0 Å². The van der Waals surface area contributed by atoms with E-state index in [9.17, 15) is 4.39 Å². The molecule has 4 nitrogen and oxygen atoms in total. The van der Waals surface area contributed by atoms with E-state index in [0.29, 0.717) is 24.4 Å².